The number of nitrogens with zero attached hydrogens (tertiary/aromatic N) is 3. The lowest BCUT2D eigenvalue weighted by molar-refractivity contribution is -0.129. The first-order chi connectivity index (χ1) is 11.2. The lowest BCUT2D eigenvalue weighted by Crippen LogP contribution is -2.36. The Kier molecular flexibility index (Phi) is 5.22. The quantitative estimate of drug-likeness (QED) is 0.808. The third kappa shape index (κ3) is 3.69. The summed E-state index contributed by atoms with van der Waals surface area (Å²) >= 11 is 3.10. The van der Waals surface area contributed by atoms with Crippen molar-refractivity contribution in [1.29, 1.82) is 0 Å². The summed E-state index contributed by atoms with van der Waals surface area (Å²) in [5.74, 6) is 0.417. The van der Waals surface area contributed by atoms with Gasteiger partial charge in [-0.15, -0.1) is 16.4 Å². The molecule has 0 fully saturated rings. The standard InChI is InChI=1S/C15H20N4O2S2/c1-2-3-6-19-14(21)16-17-15(19)23-10-13(20)18-7-4-12-11(9-18)5-8-22-12/h5,8H,2-4,6-7,9-10H2,1H3,(H,16,21). The number of thiophene rings is 1. The zero-order chi connectivity index (χ0) is 16.2. The molecule has 2 aromatic heterocycles. The molecule has 6 nitrogen and oxygen atoms in total. The maximum absolute atomic E-state index is 12.4. The van der Waals surface area contributed by atoms with E-state index in [0.717, 1.165) is 25.8 Å². The number of carbonyl (C=O) groups excluding carboxylic acids is 1. The van der Waals surface area contributed by atoms with Crippen molar-refractivity contribution in [2.24, 2.45) is 0 Å². The highest BCUT2D eigenvalue weighted by molar-refractivity contribution is 7.99. The van der Waals surface area contributed by atoms with E-state index in [2.05, 4.69) is 28.6 Å². The molecule has 2 aromatic rings. The molecule has 0 atom stereocenters. The highest BCUT2D eigenvalue weighted by Gasteiger charge is 2.22. The first-order valence-corrected chi connectivity index (χ1v) is 9.66. The molecule has 8 heteroatoms. The molecule has 1 N–H and O–H groups in total. The maximum Gasteiger partial charge on any atom is 0.343 e. The van der Waals surface area contributed by atoms with E-state index in [9.17, 15) is 9.59 Å². The summed E-state index contributed by atoms with van der Waals surface area (Å²) in [7, 11) is 0. The Hall–Kier alpha value is -1.54. The van der Waals surface area contributed by atoms with Crippen LogP contribution in [0.5, 0.6) is 0 Å². The van der Waals surface area contributed by atoms with Gasteiger partial charge in [-0.05, 0) is 29.9 Å². The molecular weight excluding hydrogens is 332 g/mol. The van der Waals surface area contributed by atoms with Crippen LogP contribution in [0.4, 0.5) is 0 Å². The van der Waals surface area contributed by atoms with Gasteiger partial charge >= 0.3 is 5.69 Å². The smallest absolute Gasteiger partial charge is 0.337 e. The summed E-state index contributed by atoms with van der Waals surface area (Å²) in [6.45, 7) is 4.19. The van der Waals surface area contributed by atoms with Crippen LogP contribution in [0.2, 0.25) is 0 Å². The highest BCUT2D eigenvalue weighted by atomic mass is 32.2. The second-order valence-electron chi connectivity index (χ2n) is 5.54. The van der Waals surface area contributed by atoms with Gasteiger partial charge in [-0.2, -0.15) is 0 Å². The minimum Gasteiger partial charge on any atom is -0.337 e. The number of nitrogens with one attached hydrogen (secondary N) is 1. The van der Waals surface area contributed by atoms with Crippen LogP contribution in [0.25, 0.3) is 0 Å². The number of hydrogen-bond donors (Lipinski definition) is 1. The zero-order valence-corrected chi connectivity index (χ0v) is 14.7. The predicted octanol–water partition coefficient (Wildman–Crippen LogP) is 2.11. The van der Waals surface area contributed by atoms with Crippen LogP contribution in [0.1, 0.15) is 30.2 Å². The molecule has 1 aliphatic rings. The van der Waals surface area contributed by atoms with Crippen molar-refractivity contribution in [3.05, 3.63) is 32.4 Å². The number of fused-ring (bicyclic) bond motifs is 1. The fraction of sp³-hybridized carbons (Fsp3) is 0.533. The van der Waals surface area contributed by atoms with Gasteiger partial charge in [-0.25, -0.2) is 9.89 Å². The molecule has 1 aliphatic heterocycles. The second kappa shape index (κ2) is 7.35. The van der Waals surface area contributed by atoms with E-state index in [4.69, 9.17) is 0 Å². The molecule has 0 saturated carbocycles. The number of hydrogen-bond acceptors (Lipinski definition) is 5. The number of H-pyrrole nitrogens is 1. The van der Waals surface area contributed by atoms with Crippen LogP contribution in [-0.4, -0.2) is 37.9 Å². The number of aromatic nitrogens is 3. The number of aromatic amines is 1. The molecule has 0 aliphatic carbocycles. The number of carbonyl (C=O) groups is 1. The molecule has 23 heavy (non-hydrogen) atoms. The Bertz CT molecular complexity index is 734. The minimum absolute atomic E-state index is 0.101. The van der Waals surface area contributed by atoms with E-state index in [1.54, 1.807) is 15.9 Å². The zero-order valence-electron chi connectivity index (χ0n) is 13.1. The lowest BCUT2D eigenvalue weighted by Gasteiger charge is -2.26. The molecule has 1 amide bonds. The van der Waals surface area contributed by atoms with Crippen molar-refractivity contribution in [1.82, 2.24) is 19.7 Å². The summed E-state index contributed by atoms with van der Waals surface area (Å²) in [6.07, 6.45) is 2.87. The van der Waals surface area contributed by atoms with Gasteiger partial charge in [0.2, 0.25) is 5.91 Å². The number of unbranched alkanes of at least 4 members (excludes halogenated alkanes) is 1. The monoisotopic (exact) mass is 352 g/mol. The summed E-state index contributed by atoms with van der Waals surface area (Å²) in [6, 6.07) is 2.10. The minimum atomic E-state index is -0.200. The van der Waals surface area contributed by atoms with E-state index in [1.165, 1.54) is 22.2 Å². The summed E-state index contributed by atoms with van der Waals surface area (Å²) in [5, 5.41) is 9.19. The predicted molar refractivity (Wildman–Crippen MR) is 91.9 cm³/mol. The van der Waals surface area contributed by atoms with Crippen LogP contribution < -0.4 is 5.69 Å². The van der Waals surface area contributed by atoms with Crippen molar-refractivity contribution in [3.63, 3.8) is 0 Å². The van der Waals surface area contributed by atoms with Crippen molar-refractivity contribution >= 4 is 29.0 Å². The molecule has 0 unspecified atom stereocenters. The number of thioether (sulfide) groups is 1. The van der Waals surface area contributed by atoms with Crippen LogP contribution in [0.15, 0.2) is 21.4 Å². The average molecular weight is 352 g/mol. The molecule has 0 radical (unpaired) electrons. The largest absolute Gasteiger partial charge is 0.343 e. The van der Waals surface area contributed by atoms with E-state index >= 15 is 0 Å². The second-order valence-corrected chi connectivity index (χ2v) is 7.48. The SMILES string of the molecule is CCCCn1c(SCC(=O)N2CCc3sccc3C2)n[nH]c1=O. The number of amides is 1. The fourth-order valence-corrected chi connectivity index (χ4v) is 4.37. The molecule has 0 saturated heterocycles. The summed E-state index contributed by atoms with van der Waals surface area (Å²) in [4.78, 5) is 27.4. The topological polar surface area (TPSA) is 71.0 Å². The highest BCUT2D eigenvalue weighted by Crippen LogP contribution is 2.25. The van der Waals surface area contributed by atoms with Crippen molar-refractivity contribution in [3.8, 4) is 0 Å². The van der Waals surface area contributed by atoms with Crippen LogP contribution >= 0.6 is 23.1 Å². The third-order valence-electron chi connectivity index (χ3n) is 3.94. The van der Waals surface area contributed by atoms with E-state index in [0.29, 0.717) is 24.0 Å². The first kappa shape index (κ1) is 16.3. The molecule has 0 aromatic carbocycles. The fourth-order valence-electron chi connectivity index (χ4n) is 2.61. The molecule has 0 bridgehead atoms. The van der Waals surface area contributed by atoms with E-state index < -0.39 is 0 Å². The van der Waals surface area contributed by atoms with Crippen molar-refractivity contribution in [2.45, 2.75) is 44.4 Å². The Morgan fingerprint density at radius 2 is 2.39 bits per heavy atom. The normalized spacial score (nSPS) is 14.0. The third-order valence-corrected chi connectivity index (χ3v) is 5.93. The Labute approximate surface area is 142 Å². The average Bonchev–Trinajstić information content (AvgIpc) is 3.16. The summed E-state index contributed by atoms with van der Waals surface area (Å²) in [5.41, 5.74) is 1.06. The van der Waals surface area contributed by atoms with Gasteiger partial charge in [0, 0.05) is 24.5 Å². The Morgan fingerprint density at radius 1 is 1.52 bits per heavy atom. The molecule has 0 spiro atoms. The Balaban J connectivity index is 1.58. The van der Waals surface area contributed by atoms with Gasteiger partial charge in [-0.3, -0.25) is 9.36 Å². The van der Waals surface area contributed by atoms with E-state index in [-0.39, 0.29) is 11.6 Å². The maximum atomic E-state index is 12.4. The summed E-state index contributed by atoms with van der Waals surface area (Å²) < 4.78 is 1.62. The van der Waals surface area contributed by atoms with Gasteiger partial charge in [0.05, 0.1) is 5.75 Å². The first-order valence-electron chi connectivity index (χ1n) is 7.80. The van der Waals surface area contributed by atoms with Gasteiger partial charge in [0.1, 0.15) is 0 Å². The van der Waals surface area contributed by atoms with Crippen LogP contribution in [-0.2, 0) is 24.3 Å². The molecule has 3 heterocycles. The van der Waals surface area contributed by atoms with Crippen molar-refractivity contribution in [2.75, 3.05) is 12.3 Å². The Morgan fingerprint density at radius 3 is 3.22 bits per heavy atom. The van der Waals surface area contributed by atoms with Crippen LogP contribution in [0.3, 0.4) is 0 Å². The van der Waals surface area contributed by atoms with Crippen molar-refractivity contribution < 1.29 is 4.79 Å². The molecular formula is C15H20N4O2S2. The molecule has 124 valence electrons. The van der Waals surface area contributed by atoms with Gasteiger partial charge < -0.3 is 4.90 Å². The lowest BCUT2D eigenvalue weighted by atomic mass is 10.1. The van der Waals surface area contributed by atoms with E-state index in [1.807, 2.05) is 4.90 Å². The van der Waals surface area contributed by atoms with Crippen LogP contribution in [0, 0.1) is 0 Å². The molecule has 3 rings (SSSR count). The van der Waals surface area contributed by atoms with Gasteiger partial charge in [0.15, 0.2) is 5.16 Å². The van der Waals surface area contributed by atoms with Gasteiger partial charge in [-0.1, -0.05) is 25.1 Å². The van der Waals surface area contributed by atoms with Gasteiger partial charge in [0.25, 0.3) is 0 Å². The number of rotatable bonds is 6.